The molecule has 0 saturated carbocycles. The van der Waals surface area contributed by atoms with Crippen molar-refractivity contribution < 1.29 is 14.6 Å². The van der Waals surface area contributed by atoms with E-state index in [1.165, 1.54) is 0 Å². The van der Waals surface area contributed by atoms with Gasteiger partial charge in [0.25, 0.3) is 0 Å². The summed E-state index contributed by atoms with van der Waals surface area (Å²) in [5, 5.41) is 15.3. The molecule has 3 N–H and O–H groups in total. The predicted molar refractivity (Wildman–Crippen MR) is 31.9 cm³/mol. The summed E-state index contributed by atoms with van der Waals surface area (Å²) in [5.74, 6) is 1.12. The van der Waals surface area contributed by atoms with Crippen molar-refractivity contribution in [3.63, 3.8) is 0 Å². The van der Waals surface area contributed by atoms with Gasteiger partial charge in [-0.2, -0.15) is 0 Å². The lowest BCUT2D eigenvalue weighted by Crippen LogP contribution is -1.76. The van der Waals surface area contributed by atoms with Gasteiger partial charge in [-0.3, -0.25) is 0 Å². The molecule has 1 aromatic rings. The Morgan fingerprint density at radius 3 is 2.44 bits per heavy atom. The first kappa shape index (κ1) is 6.32. The summed E-state index contributed by atoms with van der Waals surface area (Å²) in [4.78, 5) is 0. The van der Waals surface area contributed by atoms with E-state index < -0.39 is 0 Å². The molecule has 0 fully saturated rings. The van der Waals surface area contributed by atoms with Crippen LogP contribution in [0.25, 0.3) is 0 Å². The highest BCUT2D eigenvalue weighted by Crippen LogP contribution is 2.06. The summed E-state index contributed by atoms with van der Waals surface area (Å²) in [6.07, 6.45) is 0. The number of hydrogen-bond acceptors (Lipinski definition) is 2. The van der Waals surface area contributed by atoms with Crippen LogP contribution in [0.1, 0.15) is 11.5 Å². The molecular weight excluding hydrogens is 120 g/mol. The molecule has 0 unspecified atom stereocenters. The van der Waals surface area contributed by atoms with E-state index in [4.69, 9.17) is 14.6 Å². The molecule has 1 heterocycles. The predicted octanol–water partition coefficient (Wildman–Crippen LogP) is -0.00350. The van der Waals surface area contributed by atoms with Gasteiger partial charge in [0, 0.05) is 0 Å². The lowest BCUT2D eigenvalue weighted by molar-refractivity contribution is 0.215. The van der Waals surface area contributed by atoms with Crippen LogP contribution in [0.4, 0.5) is 0 Å². The van der Waals surface area contributed by atoms with Gasteiger partial charge < -0.3 is 14.6 Å². The van der Waals surface area contributed by atoms with Gasteiger partial charge in [0.15, 0.2) is 5.76 Å². The van der Waals surface area contributed by atoms with Crippen LogP contribution >= 0.6 is 0 Å². The van der Waals surface area contributed by atoms with Crippen molar-refractivity contribution in [2.45, 2.75) is 13.2 Å². The molecule has 1 aromatic heterocycles. The van der Waals surface area contributed by atoms with Crippen molar-refractivity contribution in [1.82, 2.24) is 0 Å². The molecule has 0 amide bonds. The van der Waals surface area contributed by atoms with Crippen LogP contribution in [-0.4, -0.2) is 10.2 Å². The maximum absolute atomic E-state index is 8.49. The van der Waals surface area contributed by atoms with E-state index >= 15 is 0 Å². The number of hydrogen-bond donors (Lipinski definition) is 1. The molecule has 0 aromatic carbocycles. The molecule has 9 heavy (non-hydrogen) atoms. The second kappa shape index (κ2) is 2.66. The fraction of sp³-hybridized carbons (Fsp3) is 0.333. The van der Waals surface area contributed by atoms with Gasteiger partial charge in [-0.1, -0.05) is 0 Å². The zero-order chi connectivity index (χ0) is 6.69. The first-order valence-corrected chi connectivity index (χ1v) is 2.70. The van der Waals surface area contributed by atoms with Crippen molar-refractivity contribution in [3.8, 4) is 0 Å². The first-order valence-electron chi connectivity index (χ1n) is 2.70. The molecule has 0 aliphatic carbocycles. The second-order valence-electron chi connectivity index (χ2n) is 1.70. The molecule has 0 spiro atoms. The van der Waals surface area contributed by atoms with E-state index in [0.29, 0.717) is 11.5 Å². The summed E-state index contributed by atoms with van der Waals surface area (Å²) < 4.78 is 4.94. The minimum Gasteiger partial charge on any atom is -0.456 e. The molecule has 0 aliphatic heterocycles. The Morgan fingerprint density at radius 2 is 2.11 bits per heavy atom. The summed E-state index contributed by atoms with van der Waals surface area (Å²) in [7, 11) is 0. The van der Waals surface area contributed by atoms with E-state index in [1.54, 1.807) is 12.1 Å². The van der Waals surface area contributed by atoms with Gasteiger partial charge >= 0.3 is 0 Å². The topological polar surface area (TPSA) is 56.3 Å². The smallest absolute Gasteiger partial charge is 0.202 e. The van der Waals surface area contributed by atoms with Crippen LogP contribution in [0.15, 0.2) is 16.5 Å². The van der Waals surface area contributed by atoms with Crippen molar-refractivity contribution in [2.24, 2.45) is 0 Å². The minimum atomic E-state index is -0.0833. The van der Waals surface area contributed by atoms with Crippen molar-refractivity contribution in [1.29, 1.82) is 0 Å². The van der Waals surface area contributed by atoms with Crippen LogP contribution < -0.4 is 0 Å². The van der Waals surface area contributed by atoms with Gasteiger partial charge in [0.05, 0.1) is 0 Å². The Kier molecular flexibility index (Phi) is 1.87. The highest BCUT2D eigenvalue weighted by molar-refractivity contribution is 5.04. The number of rotatable bonds is 2. The molecule has 0 aliphatic rings. The Labute approximate surface area is 52.5 Å². The lowest BCUT2D eigenvalue weighted by atomic mass is 10.4. The van der Waals surface area contributed by atoms with Crippen LogP contribution in [0, 0.1) is 0 Å². The van der Waals surface area contributed by atoms with E-state index in [1.807, 2.05) is 0 Å². The van der Waals surface area contributed by atoms with Crippen molar-refractivity contribution in [2.75, 3.05) is 0 Å². The highest BCUT2D eigenvalue weighted by atomic mass is 16.4. The standard InChI is InChI=1S/C6H8O3/c7-3-5-1-2-6(4-8)9-5/h1-2,7-8H,3-4H2/p+1. The van der Waals surface area contributed by atoms with E-state index in [9.17, 15) is 0 Å². The van der Waals surface area contributed by atoms with Gasteiger partial charge in [-0.15, -0.1) is 0 Å². The highest BCUT2D eigenvalue weighted by Gasteiger charge is 1.98. The number of furan rings is 1. The van der Waals surface area contributed by atoms with Crippen LogP contribution in [0.3, 0.4) is 0 Å². The SMILES string of the molecule is OCc1ccc(C[OH2+])o1. The maximum Gasteiger partial charge on any atom is 0.202 e. The molecule has 0 bridgehead atoms. The van der Waals surface area contributed by atoms with Crippen molar-refractivity contribution in [3.05, 3.63) is 23.7 Å². The third-order valence-corrected chi connectivity index (χ3v) is 1.05. The maximum atomic E-state index is 8.49. The molecule has 3 nitrogen and oxygen atoms in total. The van der Waals surface area contributed by atoms with Gasteiger partial charge in [-0.05, 0) is 12.1 Å². The van der Waals surface area contributed by atoms with Gasteiger partial charge in [-0.25, -0.2) is 0 Å². The lowest BCUT2D eigenvalue weighted by Gasteiger charge is -1.84. The third kappa shape index (κ3) is 1.31. The zero-order valence-electron chi connectivity index (χ0n) is 4.92. The fourth-order valence-electron chi connectivity index (χ4n) is 0.602. The Balaban J connectivity index is 2.74. The summed E-state index contributed by atoms with van der Waals surface area (Å²) in [6.45, 7) is 0.0556. The molecule has 0 atom stereocenters. The summed E-state index contributed by atoms with van der Waals surface area (Å²) in [6, 6.07) is 3.36. The third-order valence-electron chi connectivity index (χ3n) is 1.05. The Morgan fingerprint density at radius 1 is 1.44 bits per heavy atom. The summed E-state index contributed by atoms with van der Waals surface area (Å²) >= 11 is 0. The average Bonchev–Trinajstić information content (AvgIpc) is 2.34. The summed E-state index contributed by atoms with van der Waals surface area (Å²) in [5.41, 5.74) is 0. The van der Waals surface area contributed by atoms with Gasteiger partial charge in [0.2, 0.25) is 6.61 Å². The Hall–Kier alpha value is -0.800. The van der Waals surface area contributed by atoms with Crippen LogP contribution in [-0.2, 0) is 13.2 Å². The number of aliphatic hydroxyl groups is 1. The minimum absolute atomic E-state index is 0.0833. The Bertz CT molecular complexity index is 162. The number of aliphatic hydroxyl groups excluding tert-OH is 1. The molecule has 50 valence electrons. The van der Waals surface area contributed by atoms with Gasteiger partial charge in [0.1, 0.15) is 12.4 Å². The molecular formula is C6H9O3+. The zero-order valence-corrected chi connectivity index (χ0v) is 4.92. The monoisotopic (exact) mass is 129 g/mol. The molecule has 0 radical (unpaired) electrons. The second-order valence-corrected chi connectivity index (χ2v) is 1.70. The first-order chi connectivity index (χ1) is 4.36. The van der Waals surface area contributed by atoms with E-state index in [2.05, 4.69) is 0 Å². The van der Waals surface area contributed by atoms with Crippen LogP contribution in [0.5, 0.6) is 0 Å². The molecule has 3 heteroatoms. The fourth-order valence-corrected chi connectivity index (χ4v) is 0.602. The normalized spacial score (nSPS) is 10.0. The molecule has 0 saturated heterocycles. The van der Waals surface area contributed by atoms with E-state index in [0.717, 1.165) is 0 Å². The van der Waals surface area contributed by atoms with Crippen molar-refractivity contribution >= 4 is 0 Å². The van der Waals surface area contributed by atoms with Crippen LogP contribution in [0.2, 0.25) is 0 Å². The molecule has 1 rings (SSSR count). The van der Waals surface area contributed by atoms with E-state index in [-0.39, 0.29) is 13.2 Å². The quantitative estimate of drug-likeness (QED) is 0.571. The largest absolute Gasteiger partial charge is 0.456 e. The average molecular weight is 129 g/mol.